The second-order valence-corrected chi connectivity index (χ2v) is 10.0. The summed E-state index contributed by atoms with van der Waals surface area (Å²) in [6.45, 7) is 2.00. The van der Waals surface area contributed by atoms with E-state index >= 15 is 0 Å². The molecule has 6 heteroatoms. The number of aliphatic hydroxyl groups is 1. The zero-order chi connectivity index (χ0) is 23.0. The first-order valence-corrected chi connectivity index (χ1v) is 12.1. The Bertz CT molecular complexity index is 1010. The summed E-state index contributed by atoms with van der Waals surface area (Å²) in [6.07, 6.45) is 5.61. The van der Waals surface area contributed by atoms with E-state index in [0.29, 0.717) is 49.5 Å². The smallest absolute Gasteiger partial charge is 0.254 e. The molecule has 3 aliphatic rings. The third-order valence-electron chi connectivity index (χ3n) is 7.78. The molecule has 0 spiro atoms. The van der Waals surface area contributed by atoms with Gasteiger partial charge in [0.1, 0.15) is 5.60 Å². The number of fused-ring (bicyclic) bond motifs is 2. The van der Waals surface area contributed by atoms with Gasteiger partial charge in [0, 0.05) is 37.3 Å². The molecule has 174 valence electrons. The molecule has 5 rings (SSSR count). The maximum absolute atomic E-state index is 13.0. The highest BCUT2D eigenvalue weighted by Crippen LogP contribution is 2.43. The third-order valence-corrected chi connectivity index (χ3v) is 7.78. The Morgan fingerprint density at radius 1 is 1.03 bits per heavy atom. The summed E-state index contributed by atoms with van der Waals surface area (Å²) in [5.41, 5.74) is 7.22. The zero-order valence-electron chi connectivity index (χ0n) is 19.0. The highest BCUT2D eigenvalue weighted by atomic mass is 16.3. The van der Waals surface area contributed by atoms with Gasteiger partial charge in [0.15, 0.2) is 0 Å². The number of amides is 2. The minimum Gasteiger partial charge on any atom is -0.380 e. The molecule has 0 aromatic heterocycles. The average molecular weight is 448 g/mol. The van der Waals surface area contributed by atoms with E-state index in [-0.39, 0.29) is 11.8 Å². The van der Waals surface area contributed by atoms with Crippen LogP contribution in [0.15, 0.2) is 54.6 Å². The van der Waals surface area contributed by atoms with Crippen molar-refractivity contribution in [2.75, 3.05) is 13.1 Å². The molecule has 1 aliphatic carbocycles. The lowest BCUT2D eigenvalue weighted by molar-refractivity contribution is -0.143. The average Bonchev–Trinajstić information content (AvgIpc) is 3.54. The number of primary amides is 1. The summed E-state index contributed by atoms with van der Waals surface area (Å²) in [6, 6.07) is 18.8. The molecule has 3 fully saturated rings. The molecule has 2 bridgehead atoms. The van der Waals surface area contributed by atoms with Gasteiger partial charge in [-0.15, -0.1) is 0 Å². The molecule has 3 atom stereocenters. The Morgan fingerprint density at radius 2 is 1.73 bits per heavy atom. The van der Waals surface area contributed by atoms with E-state index < -0.39 is 5.60 Å². The van der Waals surface area contributed by atoms with Crippen molar-refractivity contribution < 1.29 is 14.7 Å². The van der Waals surface area contributed by atoms with E-state index in [1.165, 1.54) is 18.4 Å². The minimum atomic E-state index is -1.15. The summed E-state index contributed by atoms with van der Waals surface area (Å²) < 4.78 is 0. The van der Waals surface area contributed by atoms with E-state index in [1.54, 1.807) is 6.07 Å². The normalized spacial score (nSPS) is 25.5. The first-order chi connectivity index (χ1) is 15.9. The van der Waals surface area contributed by atoms with Crippen LogP contribution in [0.25, 0.3) is 0 Å². The van der Waals surface area contributed by atoms with E-state index in [0.717, 1.165) is 24.9 Å². The van der Waals surface area contributed by atoms with Crippen LogP contribution in [0.3, 0.4) is 0 Å². The number of hydrogen-bond acceptors (Lipinski definition) is 4. The largest absolute Gasteiger partial charge is 0.380 e. The Kier molecular flexibility index (Phi) is 5.97. The van der Waals surface area contributed by atoms with Gasteiger partial charge in [0.2, 0.25) is 5.91 Å². The monoisotopic (exact) mass is 447 g/mol. The molecule has 1 saturated carbocycles. The summed E-state index contributed by atoms with van der Waals surface area (Å²) in [5, 5.41) is 10.5. The van der Waals surface area contributed by atoms with Gasteiger partial charge in [0.05, 0.1) is 0 Å². The van der Waals surface area contributed by atoms with Gasteiger partial charge in [-0.2, -0.15) is 0 Å². The lowest BCUT2D eigenvalue weighted by atomic mass is 9.84. The zero-order valence-corrected chi connectivity index (χ0v) is 19.0. The highest BCUT2D eigenvalue weighted by Gasteiger charge is 2.50. The maximum Gasteiger partial charge on any atom is 0.254 e. The van der Waals surface area contributed by atoms with E-state index in [1.807, 2.05) is 47.4 Å². The topological polar surface area (TPSA) is 86.9 Å². The molecule has 6 nitrogen and oxygen atoms in total. The van der Waals surface area contributed by atoms with E-state index in [2.05, 4.69) is 11.0 Å². The molecular weight excluding hydrogens is 414 g/mol. The predicted octanol–water partition coefficient (Wildman–Crippen LogP) is 3.05. The van der Waals surface area contributed by atoms with Gasteiger partial charge in [-0.3, -0.25) is 14.5 Å². The summed E-state index contributed by atoms with van der Waals surface area (Å²) in [4.78, 5) is 29.1. The number of carbonyl (C=O) groups is 2. The highest BCUT2D eigenvalue weighted by molar-refractivity contribution is 5.92. The number of hydrogen-bond donors (Lipinski definition) is 2. The first kappa shape index (κ1) is 22.1. The van der Waals surface area contributed by atoms with Gasteiger partial charge in [-0.05, 0) is 67.7 Å². The van der Waals surface area contributed by atoms with Crippen LogP contribution in [-0.2, 0) is 11.3 Å². The number of nitrogens with two attached hydrogens (primary N) is 1. The number of nitrogens with zero attached hydrogens (tertiary/aromatic N) is 2. The van der Waals surface area contributed by atoms with Gasteiger partial charge in [-0.25, -0.2) is 0 Å². The van der Waals surface area contributed by atoms with Crippen molar-refractivity contribution in [3.63, 3.8) is 0 Å². The fourth-order valence-corrected chi connectivity index (χ4v) is 5.78. The second kappa shape index (κ2) is 8.92. The summed E-state index contributed by atoms with van der Waals surface area (Å²) >= 11 is 0. The van der Waals surface area contributed by atoms with Crippen molar-refractivity contribution in [3.05, 3.63) is 71.3 Å². The van der Waals surface area contributed by atoms with Gasteiger partial charge >= 0.3 is 0 Å². The minimum absolute atomic E-state index is 0.128. The van der Waals surface area contributed by atoms with E-state index in [9.17, 15) is 14.7 Å². The van der Waals surface area contributed by atoms with Gasteiger partial charge < -0.3 is 15.7 Å². The number of rotatable bonds is 8. The molecule has 3 N–H and O–H groups in total. The second-order valence-electron chi connectivity index (χ2n) is 10.0. The molecule has 1 unspecified atom stereocenters. The van der Waals surface area contributed by atoms with Crippen LogP contribution < -0.4 is 5.73 Å². The molecule has 2 saturated heterocycles. The van der Waals surface area contributed by atoms with E-state index in [4.69, 9.17) is 5.73 Å². The first-order valence-electron chi connectivity index (χ1n) is 12.1. The van der Waals surface area contributed by atoms with Crippen molar-refractivity contribution in [1.82, 2.24) is 9.80 Å². The standard InChI is InChI=1S/C27H33N3O3/c28-25(31)21-8-4-7-20(15-21)22-16-23-9-10-24(17-22)30(23)14-13-29(26(32)27(33)11-12-27)18-19-5-2-1-3-6-19/h1-8,15,22-24,33H,9-14,16-18H2,(H2,28,31)/t22?,23-,24+. The Balaban J connectivity index is 1.25. The molecule has 2 amide bonds. The quantitative estimate of drug-likeness (QED) is 0.651. The van der Waals surface area contributed by atoms with Gasteiger partial charge in [-0.1, -0.05) is 42.5 Å². The number of carbonyl (C=O) groups excluding carboxylic acids is 2. The van der Waals surface area contributed by atoms with Crippen LogP contribution in [0.1, 0.15) is 65.9 Å². The summed E-state index contributed by atoms with van der Waals surface area (Å²) in [5.74, 6) is -0.0677. The molecule has 33 heavy (non-hydrogen) atoms. The fourth-order valence-electron chi connectivity index (χ4n) is 5.78. The maximum atomic E-state index is 13.0. The SMILES string of the molecule is NC(=O)c1cccc(C2C[C@H]3CC[C@@H](C2)N3CCN(Cc2ccccc2)C(=O)C2(O)CC2)c1. The van der Waals surface area contributed by atoms with Crippen molar-refractivity contribution in [3.8, 4) is 0 Å². The molecular formula is C27H33N3O3. The molecule has 2 aromatic carbocycles. The Morgan fingerprint density at radius 3 is 2.36 bits per heavy atom. The predicted molar refractivity (Wildman–Crippen MR) is 126 cm³/mol. The van der Waals surface area contributed by atoms with Crippen LogP contribution in [0.2, 0.25) is 0 Å². The van der Waals surface area contributed by atoms with Crippen LogP contribution in [-0.4, -0.2) is 57.5 Å². The number of piperidine rings is 1. The van der Waals surface area contributed by atoms with Crippen molar-refractivity contribution in [1.29, 1.82) is 0 Å². The van der Waals surface area contributed by atoms with Crippen molar-refractivity contribution >= 4 is 11.8 Å². The Labute approximate surface area is 195 Å². The van der Waals surface area contributed by atoms with Crippen LogP contribution >= 0.6 is 0 Å². The van der Waals surface area contributed by atoms with Crippen LogP contribution in [0.5, 0.6) is 0 Å². The lowest BCUT2D eigenvalue weighted by Gasteiger charge is -2.40. The molecule has 2 aromatic rings. The van der Waals surface area contributed by atoms with Crippen molar-refractivity contribution in [2.45, 2.75) is 68.7 Å². The van der Waals surface area contributed by atoms with Crippen molar-refractivity contribution in [2.24, 2.45) is 5.73 Å². The molecule has 2 heterocycles. The number of benzene rings is 2. The lowest BCUT2D eigenvalue weighted by Crippen LogP contribution is -2.48. The fraction of sp³-hybridized carbons (Fsp3) is 0.481. The van der Waals surface area contributed by atoms with Gasteiger partial charge in [0.25, 0.3) is 5.91 Å². The van der Waals surface area contributed by atoms with Crippen LogP contribution in [0.4, 0.5) is 0 Å². The molecule has 0 radical (unpaired) electrons. The third kappa shape index (κ3) is 4.68. The Hall–Kier alpha value is -2.70. The summed E-state index contributed by atoms with van der Waals surface area (Å²) in [7, 11) is 0. The van der Waals surface area contributed by atoms with Crippen LogP contribution in [0, 0.1) is 0 Å². The molecule has 2 aliphatic heterocycles.